The van der Waals surface area contributed by atoms with Gasteiger partial charge in [-0.2, -0.15) is 9.37 Å². The van der Waals surface area contributed by atoms with E-state index in [1.54, 1.807) is 24.3 Å². The second-order valence-electron chi connectivity index (χ2n) is 3.52. The number of benzene rings is 1. The summed E-state index contributed by atoms with van der Waals surface area (Å²) in [5.41, 5.74) is 0.802. The summed E-state index contributed by atoms with van der Waals surface area (Å²) in [7, 11) is 0. The van der Waals surface area contributed by atoms with E-state index in [2.05, 4.69) is 16.5 Å². The molecule has 86 valence electrons. The minimum absolute atomic E-state index is 0.0309. The van der Waals surface area contributed by atoms with Gasteiger partial charge in [0.2, 0.25) is 5.95 Å². The maximum atomic E-state index is 13.6. The predicted octanol–water partition coefficient (Wildman–Crippen LogP) is 2.72. The average Bonchev–Trinajstić information content (AvgIpc) is 2.33. The Morgan fingerprint density at radius 2 is 2.12 bits per heavy atom. The van der Waals surface area contributed by atoms with Crippen molar-refractivity contribution < 1.29 is 9.50 Å². The van der Waals surface area contributed by atoms with E-state index in [-0.39, 0.29) is 11.6 Å². The molecule has 4 heteroatoms. The number of phenolic OH excluding ortho intramolecular Hbond substituents is 1. The number of rotatable bonds is 3. The molecule has 1 aromatic heterocycles. The van der Waals surface area contributed by atoms with E-state index in [1.165, 1.54) is 12.3 Å². The largest absolute Gasteiger partial charge is 0.507 e. The lowest BCUT2D eigenvalue weighted by Crippen LogP contribution is -1.98. The van der Waals surface area contributed by atoms with Crippen LogP contribution in [0.3, 0.4) is 0 Å². The van der Waals surface area contributed by atoms with Crippen LogP contribution in [0.15, 0.2) is 43.1 Å². The van der Waals surface area contributed by atoms with Crippen molar-refractivity contribution in [3.63, 3.8) is 0 Å². The van der Waals surface area contributed by atoms with Crippen LogP contribution < -0.4 is 0 Å². The van der Waals surface area contributed by atoms with Crippen molar-refractivity contribution in [2.75, 3.05) is 0 Å². The molecule has 1 heterocycles. The molecule has 17 heavy (non-hydrogen) atoms. The topological polar surface area (TPSA) is 46.0 Å². The zero-order chi connectivity index (χ0) is 12.3. The van der Waals surface area contributed by atoms with Gasteiger partial charge in [0, 0.05) is 11.8 Å². The molecule has 0 aliphatic heterocycles. The molecule has 0 amide bonds. The molecule has 0 saturated carbocycles. The Morgan fingerprint density at radius 3 is 2.76 bits per heavy atom. The molecular formula is C13H11FN2O. The van der Waals surface area contributed by atoms with Crippen LogP contribution in [0.4, 0.5) is 4.39 Å². The summed E-state index contributed by atoms with van der Waals surface area (Å²) in [6.07, 6.45) is 3.38. The van der Waals surface area contributed by atoms with E-state index in [1.807, 2.05) is 0 Å². The van der Waals surface area contributed by atoms with E-state index < -0.39 is 5.95 Å². The highest BCUT2D eigenvalue weighted by molar-refractivity contribution is 5.63. The summed E-state index contributed by atoms with van der Waals surface area (Å²) in [5, 5.41) is 9.61. The van der Waals surface area contributed by atoms with Gasteiger partial charge >= 0.3 is 0 Å². The lowest BCUT2D eigenvalue weighted by Gasteiger charge is -2.04. The van der Waals surface area contributed by atoms with Gasteiger partial charge in [-0.3, -0.25) is 0 Å². The number of para-hydroxylation sites is 1. The standard InChI is InChI=1S/C13H11FN2O/c1-2-5-9-8-15-13(16-12(9)14)10-6-3-4-7-11(10)17/h2-4,6-8,17H,1,5H2. The van der Waals surface area contributed by atoms with Gasteiger partial charge in [-0.15, -0.1) is 6.58 Å². The number of aromatic hydroxyl groups is 1. The number of hydrogen-bond acceptors (Lipinski definition) is 3. The molecule has 0 spiro atoms. The first-order valence-corrected chi connectivity index (χ1v) is 5.13. The zero-order valence-electron chi connectivity index (χ0n) is 9.10. The van der Waals surface area contributed by atoms with Gasteiger partial charge in [0.25, 0.3) is 0 Å². The minimum atomic E-state index is -0.585. The van der Waals surface area contributed by atoms with Crippen LogP contribution in [0.2, 0.25) is 0 Å². The molecule has 0 saturated heterocycles. The fourth-order valence-corrected chi connectivity index (χ4v) is 1.47. The van der Waals surface area contributed by atoms with Crippen LogP contribution in [0.1, 0.15) is 5.56 Å². The normalized spacial score (nSPS) is 10.2. The van der Waals surface area contributed by atoms with Crippen molar-refractivity contribution in [2.45, 2.75) is 6.42 Å². The average molecular weight is 230 g/mol. The Kier molecular flexibility index (Phi) is 3.14. The van der Waals surface area contributed by atoms with Crippen molar-refractivity contribution in [1.29, 1.82) is 0 Å². The molecule has 0 fully saturated rings. The Hall–Kier alpha value is -2.23. The molecule has 3 nitrogen and oxygen atoms in total. The molecule has 0 aliphatic carbocycles. The quantitative estimate of drug-likeness (QED) is 0.651. The molecule has 0 atom stereocenters. The monoisotopic (exact) mass is 230 g/mol. The highest BCUT2D eigenvalue weighted by Crippen LogP contribution is 2.25. The van der Waals surface area contributed by atoms with Crippen LogP contribution in [0, 0.1) is 5.95 Å². The summed E-state index contributed by atoms with van der Waals surface area (Å²) in [6.45, 7) is 3.53. The summed E-state index contributed by atoms with van der Waals surface area (Å²) in [4.78, 5) is 7.77. The summed E-state index contributed by atoms with van der Waals surface area (Å²) < 4.78 is 13.6. The minimum Gasteiger partial charge on any atom is -0.507 e. The van der Waals surface area contributed by atoms with Gasteiger partial charge in [0.05, 0.1) is 5.56 Å². The third kappa shape index (κ3) is 2.30. The van der Waals surface area contributed by atoms with Gasteiger partial charge in [0.15, 0.2) is 5.82 Å². The van der Waals surface area contributed by atoms with Crippen molar-refractivity contribution in [3.8, 4) is 17.1 Å². The van der Waals surface area contributed by atoms with Gasteiger partial charge in [-0.25, -0.2) is 4.98 Å². The van der Waals surface area contributed by atoms with Gasteiger partial charge in [0.1, 0.15) is 5.75 Å². The van der Waals surface area contributed by atoms with E-state index in [0.29, 0.717) is 17.5 Å². The number of aromatic nitrogens is 2. The summed E-state index contributed by atoms with van der Waals surface area (Å²) in [6, 6.07) is 6.56. The van der Waals surface area contributed by atoms with Crippen molar-refractivity contribution in [1.82, 2.24) is 9.97 Å². The number of phenols is 1. The van der Waals surface area contributed by atoms with E-state index in [4.69, 9.17) is 0 Å². The third-order valence-electron chi connectivity index (χ3n) is 2.32. The van der Waals surface area contributed by atoms with E-state index in [0.717, 1.165) is 0 Å². The van der Waals surface area contributed by atoms with Crippen LogP contribution in [0.5, 0.6) is 5.75 Å². The van der Waals surface area contributed by atoms with Crippen LogP contribution in [0.25, 0.3) is 11.4 Å². The van der Waals surface area contributed by atoms with E-state index in [9.17, 15) is 9.50 Å². The molecule has 0 bridgehead atoms. The van der Waals surface area contributed by atoms with Crippen LogP contribution in [-0.2, 0) is 6.42 Å². The van der Waals surface area contributed by atoms with Crippen molar-refractivity contribution in [3.05, 3.63) is 54.6 Å². The molecule has 0 unspecified atom stereocenters. The maximum absolute atomic E-state index is 13.6. The Morgan fingerprint density at radius 1 is 1.35 bits per heavy atom. The molecule has 0 aliphatic rings. The molecule has 1 N–H and O–H groups in total. The smallest absolute Gasteiger partial charge is 0.219 e. The van der Waals surface area contributed by atoms with Crippen molar-refractivity contribution >= 4 is 0 Å². The molecule has 1 aromatic carbocycles. The summed E-state index contributed by atoms with van der Waals surface area (Å²) >= 11 is 0. The second-order valence-corrected chi connectivity index (χ2v) is 3.52. The first-order chi connectivity index (χ1) is 8.22. The predicted molar refractivity (Wildman–Crippen MR) is 63.0 cm³/mol. The summed E-state index contributed by atoms with van der Waals surface area (Å²) in [5.74, 6) is -0.380. The highest BCUT2D eigenvalue weighted by Gasteiger charge is 2.10. The first-order valence-electron chi connectivity index (χ1n) is 5.13. The fraction of sp³-hybridized carbons (Fsp3) is 0.0769. The lowest BCUT2D eigenvalue weighted by molar-refractivity contribution is 0.476. The zero-order valence-corrected chi connectivity index (χ0v) is 9.10. The van der Waals surface area contributed by atoms with Gasteiger partial charge in [-0.1, -0.05) is 18.2 Å². The van der Waals surface area contributed by atoms with Gasteiger partial charge < -0.3 is 5.11 Å². The first kappa shape index (κ1) is 11.3. The molecule has 0 radical (unpaired) electrons. The third-order valence-corrected chi connectivity index (χ3v) is 2.32. The SMILES string of the molecule is C=CCc1cnc(-c2ccccc2O)nc1F. The number of halogens is 1. The van der Waals surface area contributed by atoms with Gasteiger partial charge in [-0.05, 0) is 18.6 Å². The molecule has 2 rings (SSSR count). The van der Waals surface area contributed by atoms with Crippen molar-refractivity contribution in [2.24, 2.45) is 0 Å². The number of hydrogen-bond donors (Lipinski definition) is 1. The Labute approximate surface area is 98.3 Å². The Balaban J connectivity index is 2.45. The lowest BCUT2D eigenvalue weighted by atomic mass is 10.2. The van der Waals surface area contributed by atoms with E-state index >= 15 is 0 Å². The highest BCUT2D eigenvalue weighted by atomic mass is 19.1. The number of nitrogens with zero attached hydrogens (tertiary/aromatic N) is 2. The second kappa shape index (κ2) is 4.74. The molecular weight excluding hydrogens is 219 g/mol. The fourth-order valence-electron chi connectivity index (χ4n) is 1.47. The maximum Gasteiger partial charge on any atom is 0.219 e. The Bertz CT molecular complexity index is 555. The van der Waals surface area contributed by atoms with Crippen LogP contribution >= 0.6 is 0 Å². The number of allylic oxidation sites excluding steroid dienone is 1. The van der Waals surface area contributed by atoms with Crippen LogP contribution in [-0.4, -0.2) is 15.1 Å². The molecule has 2 aromatic rings.